The van der Waals surface area contributed by atoms with E-state index in [2.05, 4.69) is 20.6 Å². The summed E-state index contributed by atoms with van der Waals surface area (Å²) >= 11 is 1.67. The number of hydrogen-bond acceptors (Lipinski definition) is 7. The van der Waals surface area contributed by atoms with Gasteiger partial charge in [-0.1, -0.05) is 30.3 Å². The van der Waals surface area contributed by atoms with Gasteiger partial charge >= 0.3 is 0 Å². The second kappa shape index (κ2) is 11.2. The van der Waals surface area contributed by atoms with Gasteiger partial charge in [-0.25, -0.2) is 9.97 Å². The number of nitrogens with zero attached hydrogens (tertiary/aromatic N) is 3. The number of rotatable bonds is 11. The van der Waals surface area contributed by atoms with E-state index in [1.807, 2.05) is 61.6 Å². The highest BCUT2D eigenvalue weighted by atomic mass is 32.1. The number of likely N-dealkylation sites (N-methyl/N-ethyl adjacent to an activating group) is 1. The molecule has 1 saturated carbocycles. The minimum absolute atomic E-state index is 0.234. The minimum atomic E-state index is -0.322. The van der Waals surface area contributed by atoms with Crippen LogP contribution < -0.4 is 10.6 Å². The Morgan fingerprint density at radius 1 is 1.24 bits per heavy atom. The summed E-state index contributed by atoms with van der Waals surface area (Å²) in [7, 11) is 3.88. The summed E-state index contributed by atoms with van der Waals surface area (Å²) in [4.78, 5) is 36.4. The van der Waals surface area contributed by atoms with Gasteiger partial charge < -0.3 is 20.3 Å². The summed E-state index contributed by atoms with van der Waals surface area (Å²) in [6.45, 7) is 1.15. The number of carbonyl (C=O) groups excluding carboxylic acids is 2. The molecule has 176 valence electrons. The van der Waals surface area contributed by atoms with Gasteiger partial charge in [0, 0.05) is 42.0 Å². The van der Waals surface area contributed by atoms with E-state index in [-0.39, 0.29) is 11.8 Å². The van der Waals surface area contributed by atoms with Crippen LogP contribution in [0.4, 0.5) is 10.9 Å². The fourth-order valence-corrected chi connectivity index (χ4v) is 4.56. The number of aromatic nitrogens is 2. The lowest BCUT2D eigenvalue weighted by atomic mass is 9.96. The second-order valence-electron chi connectivity index (χ2n) is 8.64. The van der Waals surface area contributed by atoms with Crippen molar-refractivity contribution >= 4 is 34.5 Å². The molecule has 0 aliphatic heterocycles. The summed E-state index contributed by atoms with van der Waals surface area (Å²) in [5.74, 6) is 0.596. The summed E-state index contributed by atoms with van der Waals surface area (Å²) in [6.07, 6.45) is 10.3. The number of nitrogens with one attached hydrogen (secondary N) is 2. The molecule has 1 atom stereocenters. The molecule has 1 aliphatic rings. The highest BCUT2D eigenvalue weighted by Gasteiger charge is 2.25. The predicted octanol–water partition coefficient (Wildman–Crippen LogP) is 4.53. The van der Waals surface area contributed by atoms with Crippen molar-refractivity contribution in [2.75, 3.05) is 37.8 Å². The van der Waals surface area contributed by atoms with E-state index in [9.17, 15) is 9.59 Å². The largest absolute Gasteiger partial charge is 0.360 e. The molecule has 0 spiro atoms. The maximum absolute atomic E-state index is 12.4. The normalized spacial score (nSPS) is 14.3. The van der Waals surface area contributed by atoms with E-state index in [4.69, 9.17) is 0 Å². The van der Waals surface area contributed by atoms with Crippen molar-refractivity contribution < 1.29 is 9.59 Å². The average molecular weight is 476 g/mol. The number of thiazole rings is 1. The van der Waals surface area contributed by atoms with Crippen LogP contribution >= 0.6 is 11.3 Å². The molecule has 3 aromatic rings. The third-order valence-corrected chi connectivity index (χ3v) is 6.67. The van der Waals surface area contributed by atoms with Crippen molar-refractivity contribution in [1.82, 2.24) is 14.9 Å². The van der Waals surface area contributed by atoms with Crippen LogP contribution in [0.25, 0.3) is 11.1 Å². The Hall–Kier alpha value is -3.36. The first-order valence-corrected chi connectivity index (χ1v) is 12.2. The lowest BCUT2D eigenvalue weighted by Gasteiger charge is -2.14. The summed E-state index contributed by atoms with van der Waals surface area (Å²) in [5.41, 5.74) is 2.58. The zero-order chi connectivity index (χ0) is 23.9. The van der Waals surface area contributed by atoms with Crippen molar-refractivity contribution in [2.24, 2.45) is 0 Å². The molecule has 2 heterocycles. The molecule has 2 N–H and O–H groups in total. The van der Waals surface area contributed by atoms with Crippen molar-refractivity contribution in [1.29, 1.82) is 0 Å². The van der Waals surface area contributed by atoms with Crippen LogP contribution in [0.5, 0.6) is 0 Å². The topological polar surface area (TPSA) is 87.2 Å². The van der Waals surface area contributed by atoms with Gasteiger partial charge in [0.15, 0.2) is 5.13 Å². The molecule has 1 amide bonds. The zero-order valence-electron chi connectivity index (χ0n) is 19.4. The van der Waals surface area contributed by atoms with E-state index in [0.717, 1.165) is 28.1 Å². The van der Waals surface area contributed by atoms with Crippen LogP contribution in [0.3, 0.4) is 0 Å². The van der Waals surface area contributed by atoms with E-state index in [1.165, 1.54) is 23.8 Å². The van der Waals surface area contributed by atoms with Gasteiger partial charge in [0.1, 0.15) is 12.1 Å². The van der Waals surface area contributed by atoms with Gasteiger partial charge in [-0.2, -0.15) is 0 Å². The monoisotopic (exact) mass is 475 g/mol. The Labute approximate surface area is 203 Å². The Morgan fingerprint density at radius 3 is 2.85 bits per heavy atom. The highest BCUT2D eigenvalue weighted by Crippen LogP contribution is 2.43. The predicted molar refractivity (Wildman–Crippen MR) is 137 cm³/mol. The molecule has 1 aromatic carbocycles. The number of amides is 1. The SMILES string of the molecule is CN(C)C/C=C/C(=O)Nc1ncccc1-c1cccc([C@H](C=O)CNc2ncc(C3CC3)s2)c1. The first-order valence-electron chi connectivity index (χ1n) is 11.4. The number of aldehydes is 1. The lowest BCUT2D eigenvalue weighted by molar-refractivity contribution is -0.112. The van der Waals surface area contributed by atoms with Crippen LogP contribution in [0.1, 0.15) is 35.1 Å². The van der Waals surface area contributed by atoms with E-state index < -0.39 is 0 Å². The van der Waals surface area contributed by atoms with E-state index >= 15 is 0 Å². The molecule has 34 heavy (non-hydrogen) atoms. The summed E-state index contributed by atoms with van der Waals surface area (Å²) in [6, 6.07) is 11.5. The smallest absolute Gasteiger partial charge is 0.249 e. The fourth-order valence-electron chi connectivity index (χ4n) is 3.57. The number of hydrogen-bond donors (Lipinski definition) is 2. The van der Waals surface area contributed by atoms with Gasteiger partial charge in [-0.15, -0.1) is 11.3 Å². The number of benzene rings is 1. The Kier molecular flexibility index (Phi) is 7.82. The Morgan fingerprint density at radius 2 is 2.09 bits per heavy atom. The zero-order valence-corrected chi connectivity index (χ0v) is 20.2. The van der Waals surface area contributed by atoms with Crippen molar-refractivity contribution in [3.05, 3.63) is 71.4 Å². The first kappa shape index (κ1) is 23.8. The first-order chi connectivity index (χ1) is 16.5. The van der Waals surface area contributed by atoms with Crippen LogP contribution in [-0.4, -0.2) is 54.2 Å². The lowest BCUT2D eigenvalue weighted by Crippen LogP contribution is -2.14. The molecule has 4 rings (SSSR count). The summed E-state index contributed by atoms with van der Waals surface area (Å²) < 4.78 is 0. The third kappa shape index (κ3) is 6.36. The van der Waals surface area contributed by atoms with Gasteiger partial charge in [0.2, 0.25) is 5.91 Å². The van der Waals surface area contributed by atoms with Crippen LogP contribution in [-0.2, 0) is 9.59 Å². The third-order valence-electron chi connectivity index (χ3n) is 5.56. The molecule has 8 heteroatoms. The van der Waals surface area contributed by atoms with Crippen molar-refractivity contribution in [2.45, 2.75) is 24.7 Å². The Bertz CT molecular complexity index is 1170. The number of pyridine rings is 1. The molecular formula is C26H29N5O2S. The fraction of sp³-hybridized carbons (Fsp3) is 0.308. The minimum Gasteiger partial charge on any atom is -0.360 e. The Balaban J connectivity index is 1.47. The molecule has 0 radical (unpaired) electrons. The second-order valence-corrected chi connectivity index (χ2v) is 9.71. The maximum atomic E-state index is 12.4. The van der Waals surface area contributed by atoms with Gasteiger partial charge in [-0.3, -0.25) is 4.79 Å². The standard InChI is InChI=1S/C26H29N5O2S/c1-31(2)13-5-9-24(33)30-25-22(8-4-12-27-25)20-7-3-6-19(14-20)21(17-32)15-28-26-29-16-23(34-26)18-10-11-18/h3-9,12,14,16-18,21H,10-11,13,15H2,1-2H3,(H,28,29)(H,27,30,33)/b9-5+/t21-/m0/s1. The molecule has 2 aromatic heterocycles. The molecule has 0 unspecified atom stereocenters. The number of anilines is 2. The molecule has 1 fully saturated rings. The molecule has 1 aliphatic carbocycles. The molecule has 0 bridgehead atoms. The van der Waals surface area contributed by atoms with Crippen molar-refractivity contribution in [3.8, 4) is 11.1 Å². The van der Waals surface area contributed by atoms with Gasteiger partial charge in [0.05, 0.1) is 5.92 Å². The maximum Gasteiger partial charge on any atom is 0.249 e. The summed E-state index contributed by atoms with van der Waals surface area (Å²) in [5, 5.41) is 7.03. The van der Waals surface area contributed by atoms with Gasteiger partial charge in [0.25, 0.3) is 0 Å². The average Bonchev–Trinajstić information content (AvgIpc) is 3.58. The van der Waals surface area contributed by atoms with Crippen molar-refractivity contribution in [3.63, 3.8) is 0 Å². The van der Waals surface area contributed by atoms with E-state index in [1.54, 1.807) is 23.6 Å². The molecular weight excluding hydrogens is 446 g/mol. The molecule has 7 nitrogen and oxygen atoms in total. The van der Waals surface area contributed by atoms with Crippen LogP contribution in [0, 0.1) is 0 Å². The number of carbonyl (C=O) groups is 2. The van der Waals surface area contributed by atoms with Crippen LogP contribution in [0.15, 0.2) is 60.9 Å². The van der Waals surface area contributed by atoms with E-state index in [0.29, 0.717) is 24.8 Å². The van der Waals surface area contributed by atoms with Crippen LogP contribution in [0.2, 0.25) is 0 Å². The quantitative estimate of drug-likeness (QED) is 0.313. The highest BCUT2D eigenvalue weighted by molar-refractivity contribution is 7.15. The molecule has 0 saturated heterocycles. The van der Waals surface area contributed by atoms with Gasteiger partial charge in [-0.05, 0) is 56.1 Å².